The zero-order valence-electron chi connectivity index (χ0n) is 23.2. The summed E-state index contributed by atoms with van der Waals surface area (Å²) in [7, 11) is 0. The predicted molar refractivity (Wildman–Crippen MR) is 146 cm³/mol. The van der Waals surface area contributed by atoms with Gasteiger partial charge < -0.3 is 20.1 Å². The van der Waals surface area contributed by atoms with Crippen molar-refractivity contribution in [1.29, 1.82) is 0 Å². The van der Waals surface area contributed by atoms with Gasteiger partial charge in [0.05, 0.1) is 11.1 Å². The van der Waals surface area contributed by atoms with Crippen LogP contribution in [0.4, 0.5) is 8.78 Å². The number of aromatic hydroxyl groups is 1. The molecule has 0 radical (unpaired) electrons. The Bertz CT molecular complexity index is 1460. The number of nitrogens with zero attached hydrogens (tertiary/aromatic N) is 3. The van der Waals surface area contributed by atoms with E-state index in [2.05, 4.69) is 22.2 Å². The molecule has 2 aliphatic carbocycles. The molecule has 1 amide bonds. The van der Waals surface area contributed by atoms with Gasteiger partial charge in [0.25, 0.3) is 11.8 Å². The van der Waals surface area contributed by atoms with Crippen LogP contribution in [0, 0.1) is 17.8 Å². The lowest BCUT2D eigenvalue weighted by atomic mass is 9.78. The van der Waals surface area contributed by atoms with Gasteiger partial charge in [-0.25, -0.2) is 14.8 Å². The molecule has 40 heavy (non-hydrogen) atoms. The molecule has 0 spiro atoms. The van der Waals surface area contributed by atoms with Crippen molar-refractivity contribution in [1.82, 2.24) is 19.9 Å². The first-order chi connectivity index (χ1) is 18.9. The largest absolute Gasteiger partial charge is 0.508 e. The molecule has 5 rings (SSSR count). The van der Waals surface area contributed by atoms with E-state index in [4.69, 9.17) is 0 Å². The van der Waals surface area contributed by atoms with E-state index in [0.717, 1.165) is 31.0 Å². The molecule has 2 heterocycles. The number of carboxylic acids is 1. The van der Waals surface area contributed by atoms with Crippen LogP contribution in [0.2, 0.25) is 0 Å². The number of rotatable bonds is 8. The average molecular weight is 555 g/mol. The van der Waals surface area contributed by atoms with E-state index < -0.39 is 34.6 Å². The molecule has 2 fully saturated rings. The van der Waals surface area contributed by atoms with Crippen LogP contribution in [0.3, 0.4) is 0 Å². The topological polar surface area (TPSA) is 117 Å². The number of carboxylic acid groups (broad SMARTS) is 1. The maximum absolute atomic E-state index is 15.0. The van der Waals surface area contributed by atoms with Crippen LogP contribution in [-0.4, -0.2) is 42.2 Å². The Labute approximate surface area is 231 Å². The fourth-order valence-electron chi connectivity index (χ4n) is 7.09. The fourth-order valence-corrected chi connectivity index (χ4v) is 7.09. The van der Waals surface area contributed by atoms with Crippen molar-refractivity contribution in [3.05, 3.63) is 41.9 Å². The van der Waals surface area contributed by atoms with Crippen LogP contribution in [0.25, 0.3) is 22.3 Å². The smallest absolute Gasteiger partial charge is 0.329 e. The van der Waals surface area contributed by atoms with Gasteiger partial charge in [-0.15, -0.1) is 0 Å². The third-order valence-electron chi connectivity index (χ3n) is 8.91. The molecular weight excluding hydrogens is 518 g/mol. The van der Waals surface area contributed by atoms with Gasteiger partial charge in [-0.05, 0) is 68.4 Å². The number of alkyl halides is 2. The number of phenols is 1. The molecule has 4 atom stereocenters. The molecule has 8 nitrogen and oxygen atoms in total. The van der Waals surface area contributed by atoms with Crippen molar-refractivity contribution < 1.29 is 28.6 Å². The van der Waals surface area contributed by atoms with Crippen molar-refractivity contribution in [3.63, 3.8) is 0 Å². The average Bonchev–Trinajstić information content (AvgIpc) is 3.38. The van der Waals surface area contributed by atoms with Gasteiger partial charge in [0.1, 0.15) is 17.0 Å². The van der Waals surface area contributed by atoms with E-state index in [1.807, 2.05) is 18.4 Å². The number of aromatic nitrogens is 3. The number of carbonyl (C=O) groups is 2. The fraction of sp³-hybridized carbons (Fsp3) is 0.533. The zero-order chi connectivity index (χ0) is 29.0. The van der Waals surface area contributed by atoms with E-state index in [0.29, 0.717) is 36.6 Å². The normalized spacial score (nSPS) is 24.5. The van der Waals surface area contributed by atoms with E-state index in [-0.39, 0.29) is 35.9 Å². The second kappa shape index (κ2) is 10.1. The highest BCUT2D eigenvalue weighted by atomic mass is 19.3. The van der Waals surface area contributed by atoms with Crippen molar-refractivity contribution >= 4 is 22.8 Å². The summed E-state index contributed by atoms with van der Waals surface area (Å²) in [6, 6.07) is 4.95. The number of aliphatic carboxylic acids is 1. The first kappa shape index (κ1) is 28.0. The Morgan fingerprint density at radius 1 is 1.23 bits per heavy atom. The van der Waals surface area contributed by atoms with Gasteiger partial charge in [-0.2, -0.15) is 8.78 Å². The number of benzene rings is 1. The summed E-state index contributed by atoms with van der Waals surface area (Å²) in [4.78, 5) is 34.5. The minimum absolute atomic E-state index is 0.0203. The number of hydrogen-bond acceptors (Lipinski definition) is 5. The summed E-state index contributed by atoms with van der Waals surface area (Å²) >= 11 is 0. The molecule has 0 aliphatic heterocycles. The lowest BCUT2D eigenvalue weighted by Gasteiger charge is -2.33. The second-order valence-corrected chi connectivity index (χ2v) is 11.8. The van der Waals surface area contributed by atoms with Gasteiger partial charge >= 0.3 is 5.97 Å². The summed E-state index contributed by atoms with van der Waals surface area (Å²) < 4.78 is 32.0. The molecule has 2 aromatic heterocycles. The van der Waals surface area contributed by atoms with Gasteiger partial charge in [0.2, 0.25) is 0 Å². The number of nitrogens with one attached hydrogen (secondary N) is 1. The van der Waals surface area contributed by atoms with Gasteiger partial charge in [0.15, 0.2) is 5.82 Å². The molecule has 10 heteroatoms. The Morgan fingerprint density at radius 3 is 2.60 bits per heavy atom. The van der Waals surface area contributed by atoms with Crippen molar-refractivity contribution in [2.24, 2.45) is 17.8 Å². The maximum atomic E-state index is 15.0. The highest BCUT2D eigenvalue weighted by Crippen LogP contribution is 2.50. The standard InChI is InChI=1S/C30H36F2N4O4/c1-5-19(6-2)36-15-23(21-8-7-20(37)12-24(21)36)26-33-14-22(25(34-26)29(4,31)32)27(38)35-30(28(39)40)13-17-9-16(3)10-18(30)11-17/h7-8,12,14-19,37H,5-6,9-11,13H2,1-4H3,(H,35,38)(H,39,40). The van der Waals surface area contributed by atoms with E-state index in [1.165, 1.54) is 6.07 Å². The highest BCUT2D eigenvalue weighted by molar-refractivity contribution is 6.00. The highest BCUT2D eigenvalue weighted by Gasteiger charge is 2.56. The van der Waals surface area contributed by atoms with Crippen LogP contribution >= 0.6 is 0 Å². The van der Waals surface area contributed by atoms with Crippen LogP contribution in [0.1, 0.15) is 88.3 Å². The van der Waals surface area contributed by atoms with E-state index >= 15 is 0 Å². The second-order valence-electron chi connectivity index (χ2n) is 11.8. The number of halogens is 2. The lowest BCUT2D eigenvalue weighted by Crippen LogP contribution is -2.57. The molecule has 0 saturated heterocycles. The monoisotopic (exact) mass is 554 g/mol. The number of phenolic OH excluding ortho intramolecular Hbond substituents is 1. The minimum atomic E-state index is -3.49. The quantitative estimate of drug-likeness (QED) is 0.301. The van der Waals surface area contributed by atoms with Crippen LogP contribution in [0.5, 0.6) is 5.75 Å². The van der Waals surface area contributed by atoms with Gasteiger partial charge in [-0.1, -0.05) is 20.8 Å². The number of carbonyl (C=O) groups excluding carboxylic acids is 1. The molecule has 2 saturated carbocycles. The first-order valence-corrected chi connectivity index (χ1v) is 14.0. The SMILES string of the molecule is CCC(CC)n1cc(-c2ncc(C(=O)NC3(C(=O)O)CC4CC(C)CC3C4)c(C(C)(F)F)n2)c2ccc(O)cc21. The number of amides is 1. The summed E-state index contributed by atoms with van der Waals surface area (Å²) in [6.45, 7) is 6.83. The lowest BCUT2D eigenvalue weighted by molar-refractivity contribution is -0.146. The zero-order valence-corrected chi connectivity index (χ0v) is 23.2. The van der Waals surface area contributed by atoms with Gasteiger partial charge in [-0.3, -0.25) is 4.79 Å². The number of fused-ring (bicyclic) bond motifs is 3. The Kier molecular flexibility index (Phi) is 7.08. The molecule has 2 aliphatic rings. The number of hydrogen-bond donors (Lipinski definition) is 3. The predicted octanol–water partition coefficient (Wildman–Crippen LogP) is 6.29. The summed E-state index contributed by atoms with van der Waals surface area (Å²) in [5, 5.41) is 23.7. The Hall–Kier alpha value is -3.56. The molecular formula is C30H36F2N4O4. The summed E-state index contributed by atoms with van der Waals surface area (Å²) in [5.41, 5.74) is -1.47. The molecule has 3 aromatic rings. The van der Waals surface area contributed by atoms with Crippen molar-refractivity contribution in [2.75, 3.05) is 0 Å². The third kappa shape index (κ3) is 4.71. The van der Waals surface area contributed by atoms with Crippen molar-refractivity contribution in [2.45, 2.75) is 83.7 Å². The van der Waals surface area contributed by atoms with E-state index in [1.54, 1.807) is 18.3 Å². The summed E-state index contributed by atoms with van der Waals surface area (Å²) in [5.74, 6) is -5.19. The van der Waals surface area contributed by atoms with Gasteiger partial charge in [0, 0.05) is 42.4 Å². The first-order valence-electron chi connectivity index (χ1n) is 14.0. The molecule has 2 bridgehead atoms. The summed E-state index contributed by atoms with van der Waals surface area (Å²) in [6.07, 6.45) is 7.03. The van der Waals surface area contributed by atoms with Crippen molar-refractivity contribution in [3.8, 4) is 17.1 Å². The molecule has 214 valence electrons. The maximum Gasteiger partial charge on any atom is 0.329 e. The third-order valence-corrected chi connectivity index (χ3v) is 8.91. The Balaban J connectivity index is 1.57. The van der Waals surface area contributed by atoms with E-state index in [9.17, 15) is 28.6 Å². The molecule has 4 unspecified atom stereocenters. The molecule has 3 N–H and O–H groups in total. The minimum Gasteiger partial charge on any atom is -0.508 e. The Morgan fingerprint density at radius 2 is 1.95 bits per heavy atom. The molecule has 1 aromatic carbocycles. The van der Waals surface area contributed by atoms with Crippen LogP contribution in [0.15, 0.2) is 30.6 Å². The van der Waals surface area contributed by atoms with Crippen LogP contribution in [-0.2, 0) is 10.7 Å². The van der Waals surface area contributed by atoms with Crippen LogP contribution < -0.4 is 5.32 Å².